The molecule has 1 aliphatic heterocycles. The van der Waals surface area contributed by atoms with Gasteiger partial charge in [-0.25, -0.2) is 0 Å². The summed E-state index contributed by atoms with van der Waals surface area (Å²) in [6.45, 7) is 10.5. The minimum absolute atomic E-state index is 0.0491. The van der Waals surface area contributed by atoms with Gasteiger partial charge in [0.15, 0.2) is 0 Å². The van der Waals surface area contributed by atoms with Crippen molar-refractivity contribution >= 4 is 0 Å². The largest absolute Gasteiger partial charge is 0.393 e. The molecule has 0 radical (unpaired) electrons. The highest BCUT2D eigenvalue weighted by Crippen LogP contribution is 2.31. The molecule has 2 aliphatic rings. The molecule has 17 heavy (non-hydrogen) atoms. The molecule has 3 unspecified atom stereocenters. The highest BCUT2D eigenvalue weighted by Gasteiger charge is 2.33. The summed E-state index contributed by atoms with van der Waals surface area (Å²) in [5.41, 5.74) is 0. The lowest BCUT2D eigenvalue weighted by atomic mass is 9.80. The number of nitrogens with zero attached hydrogens (tertiary/aromatic N) is 2. The van der Waals surface area contributed by atoms with E-state index in [2.05, 4.69) is 23.6 Å². The molecule has 2 fully saturated rings. The van der Waals surface area contributed by atoms with Crippen molar-refractivity contribution < 1.29 is 5.11 Å². The summed E-state index contributed by atoms with van der Waals surface area (Å²) in [5.74, 6) is 0.812. The van der Waals surface area contributed by atoms with Crippen LogP contribution in [0.25, 0.3) is 0 Å². The number of aliphatic hydroxyl groups excluding tert-OH is 1. The van der Waals surface area contributed by atoms with Crippen LogP contribution in [0.4, 0.5) is 0 Å². The van der Waals surface area contributed by atoms with E-state index in [1.54, 1.807) is 0 Å². The predicted octanol–water partition coefficient (Wildman–Crippen LogP) is 1.56. The molecule has 0 aromatic carbocycles. The molecule has 3 nitrogen and oxygen atoms in total. The van der Waals surface area contributed by atoms with Crippen molar-refractivity contribution in [3.8, 4) is 0 Å². The molecule has 1 saturated heterocycles. The molecular weight excluding hydrogens is 212 g/mol. The molecule has 0 bridgehead atoms. The first kappa shape index (κ1) is 13.3. The lowest BCUT2D eigenvalue weighted by molar-refractivity contribution is 0.00368. The van der Waals surface area contributed by atoms with E-state index in [0.29, 0.717) is 6.04 Å². The van der Waals surface area contributed by atoms with Gasteiger partial charge in [0.25, 0.3) is 0 Å². The van der Waals surface area contributed by atoms with E-state index >= 15 is 0 Å². The Morgan fingerprint density at radius 1 is 1.06 bits per heavy atom. The Labute approximate surface area is 106 Å². The summed E-state index contributed by atoms with van der Waals surface area (Å²) in [6, 6.07) is 0.641. The SMILES string of the molecule is CCC1CCC(O)CC1N1CCN(CC)CC1. The van der Waals surface area contributed by atoms with E-state index in [1.807, 2.05) is 0 Å². The second kappa shape index (κ2) is 6.17. The number of piperazine rings is 1. The molecule has 1 N–H and O–H groups in total. The minimum Gasteiger partial charge on any atom is -0.393 e. The zero-order valence-corrected chi connectivity index (χ0v) is 11.4. The third-order valence-electron chi connectivity index (χ3n) is 4.78. The zero-order valence-electron chi connectivity index (χ0n) is 11.4. The van der Waals surface area contributed by atoms with E-state index < -0.39 is 0 Å². The topological polar surface area (TPSA) is 26.7 Å². The van der Waals surface area contributed by atoms with Crippen molar-refractivity contribution in [1.82, 2.24) is 9.80 Å². The highest BCUT2D eigenvalue weighted by atomic mass is 16.3. The number of aliphatic hydroxyl groups is 1. The van der Waals surface area contributed by atoms with E-state index in [1.165, 1.54) is 45.6 Å². The lowest BCUT2D eigenvalue weighted by Crippen LogP contribution is -2.54. The fraction of sp³-hybridized carbons (Fsp3) is 1.00. The molecule has 2 rings (SSSR count). The fourth-order valence-corrected chi connectivity index (χ4v) is 3.52. The van der Waals surface area contributed by atoms with Crippen molar-refractivity contribution in [3.63, 3.8) is 0 Å². The molecule has 0 aromatic heterocycles. The van der Waals surface area contributed by atoms with Crippen molar-refractivity contribution in [3.05, 3.63) is 0 Å². The second-order valence-electron chi connectivity index (χ2n) is 5.67. The van der Waals surface area contributed by atoms with Gasteiger partial charge in [-0.3, -0.25) is 4.90 Å². The van der Waals surface area contributed by atoms with Gasteiger partial charge in [0.1, 0.15) is 0 Å². The number of rotatable bonds is 3. The van der Waals surface area contributed by atoms with Gasteiger partial charge < -0.3 is 10.0 Å². The summed E-state index contributed by atoms with van der Waals surface area (Å²) >= 11 is 0. The van der Waals surface area contributed by atoms with E-state index in [-0.39, 0.29) is 6.10 Å². The zero-order chi connectivity index (χ0) is 12.3. The Morgan fingerprint density at radius 2 is 1.76 bits per heavy atom. The molecule has 3 atom stereocenters. The minimum atomic E-state index is -0.0491. The number of hydrogen-bond donors (Lipinski definition) is 1. The van der Waals surface area contributed by atoms with Crippen LogP contribution in [0.15, 0.2) is 0 Å². The summed E-state index contributed by atoms with van der Waals surface area (Å²) in [6.07, 6.45) is 4.46. The van der Waals surface area contributed by atoms with Crippen LogP contribution in [0.1, 0.15) is 39.5 Å². The van der Waals surface area contributed by atoms with Gasteiger partial charge in [0, 0.05) is 32.2 Å². The predicted molar refractivity (Wildman–Crippen MR) is 71.1 cm³/mol. The molecule has 0 aromatic rings. The van der Waals surface area contributed by atoms with Gasteiger partial charge in [-0.15, -0.1) is 0 Å². The third-order valence-corrected chi connectivity index (χ3v) is 4.78. The molecule has 1 aliphatic carbocycles. The van der Waals surface area contributed by atoms with Crippen LogP contribution < -0.4 is 0 Å². The van der Waals surface area contributed by atoms with E-state index in [4.69, 9.17) is 0 Å². The van der Waals surface area contributed by atoms with Crippen LogP contribution in [-0.2, 0) is 0 Å². The molecule has 100 valence electrons. The first-order valence-corrected chi connectivity index (χ1v) is 7.39. The van der Waals surface area contributed by atoms with Gasteiger partial charge in [-0.2, -0.15) is 0 Å². The second-order valence-corrected chi connectivity index (χ2v) is 5.67. The first-order chi connectivity index (χ1) is 8.24. The smallest absolute Gasteiger partial charge is 0.0555 e. The monoisotopic (exact) mass is 240 g/mol. The Bertz CT molecular complexity index is 226. The van der Waals surface area contributed by atoms with Crippen molar-refractivity contribution in [2.24, 2.45) is 5.92 Å². The fourth-order valence-electron chi connectivity index (χ4n) is 3.52. The van der Waals surface area contributed by atoms with Crippen molar-refractivity contribution in [1.29, 1.82) is 0 Å². The molecular formula is C14H28N2O. The summed E-state index contributed by atoms with van der Waals surface area (Å²) in [4.78, 5) is 5.17. The summed E-state index contributed by atoms with van der Waals surface area (Å²) < 4.78 is 0. The van der Waals surface area contributed by atoms with Crippen LogP contribution >= 0.6 is 0 Å². The maximum atomic E-state index is 9.88. The van der Waals surface area contributed by atoms with Crippen molar-refractivity contribution in [2.75, 3.05) is 32.7 Å². The average molecular weight is 240 g/mol. The maximum absolute atomic E-state index is 9.88. The van der Waals surface area contributed by atoms with Gasteiger partial charge in [-0.1, -0.05) is 20.3 Å². The first-order valence-electron chi connectivity index (χ1n) is 7.39. The molecule has 0 spiro atoms. The Morgan fingerprint density at radius 3 is 2.35 bits per heavy atom. The Kier molecular flexibility index (Phi) is 4.83. The number of hydrogen-bond acceptors (Lipinski definition) is 3. The van der Waals surface area contributed by atoms with Gasteiger partial charge in [0.2, 0.25) is 0 Å². The average Bonchev–Trinajstić information content (AvgIpc) is 2.39. The molecule has 0 amide bonds. The quantitative estimate of drug-likeness (QED) is 0.811. The standard InChI is InChI=1S/C14H28N2O/c1-3-12-5-6-13(17)11-14(12)16-9-7-15(4-2)8-10-16/h12-14,17H,3-11H2,1-2H3. The summed E-state index contributed by atoms with van der Waals surface area (Å²) in [7, 11) is 0. The maximum Gasteiger partial charge on any atom is 0.0555 e. The Hall–Kier alpha value is -0.120. The van der Waals surface area contributed by atoms with Gasteiger partial charge in [-0.05, 0) is 31.7 Å². The van der Waals surface area contributed by atoms with Crippen LogP contribution in [0.3, 0.4) is 0 Å². The van der Waals surface area contributed by atoms with Gasteiger partial charge in [0.05, 0.1) is 6.10 Å². The van der Waals surface area contributed by atoms with Crippen LogP contribution in [0, 0.1) is 5.92 Å². The number of likely N-dealkylation sites (N-methyl/N-ethyl adjacent to an activating group) is 1. The van der Waals surface area contributed by atoms with E-state index in [9.17, 15) is 5.11 Å². The normalized spacial score (nSPS) is 37.2. The molecule has 3 heteroatoms. The highest BCUT2D eigenvalue weighted by molar-refractivity contribution is 4.88. The van der Waals surface area contributed by atoms with Crippen LogP contribution in [0.5, 0.6) is 0 Å². The van der Waals surface area contributed by atoms with Crippen LogP contribution in [-0.4, -0.2) is 59.8 Å². The lowest BCUT2D eigenvalue weighted by Gasteiger charge is -2.45. The van der Waals surface area contributed by atoms with Gasteiger partial charge >= 0.3 is 0 Å². The summed E-state index contributed by atoms with van der Waals surface area (Å²) in [5, 5.41) is 9.88. The Balaban J connectivity index is 1.90. The molecule has 1 heterocycles. The van der Waals surface area contributed by atoms with E-state index in [0.717, 1.165) is 18.8 Å². The van der Waals surface area contributed by atoms with Crippen LogP contribution in [0.2, 0.25) is 0 Å². The van der Waals surface area contributed by atoms with Crippen molar-refractivity contribution in [2.45, 2.75) is 51.7 Å². The molecule has 1 saturated carbocycles. The third kappa shape index (κ3) is 3.21.